The van der Waals surface area contributed by atoms with Gasteiger partial charge in [0.25, 0.3) is 0 Å². The summed E-state index contributed by atoms with van der Waals surface area (Å²) in [5.74, 6) is 0.159. The molecule has 0 radical (unpaired) electrons. The molecule has 0 aromatic rings. The summed E-state index contributed by atoms with van der Waals surface area (Å²) in [5, 5.41) is 0. The van der Waals surface area contributed by atoms with Gasteiger partial charge in [-0.15, -0.1) is 0 Å². The summed E-state index contributed by atoms with van der Waals surface area (Å²) in [6.45, 7) is 21.4. The van der Waals surface area contributed by atoms with Gasteiger partial charge in [0.15, 0.2) is 0 Å². The predicted octanol–water partition coefficient (Wildman–Crippen LogP) is 5.16. The zero-order valence-electron chi connectivity index (χ0n) is 16.6. The molecule has 0 unspecified atom stereocenters. The SMILES string of the molecule is CC(=O)CC(C)(C)OCCC(C)(C)OC(C)(C)CC(C)(C)C. The highest BCUT2D eigenvalue weighted by atomic mass is 16.5. The van der Waals surface area contributed by atoms with Crippen LogP contribution in [0.4, 0.5) is 0 Å². The van der Waals surface area contributed by atoms with Crippen LogP contribution in [0.1, 0.15) is 88.5 Å². The molecule has 0 amide bonds. The molecule has 0 aliphatic carbocycles. The first-order valence-electron chi connectivity index (χ1n) is 8.37. The molecule has 0 heterocycles. The van der Waals surface area contributed by atoms with Crippen molar-refractivity contribution in [3.63, 3.8) is 0 Å². The standard InChI is InChI=1S/C19H38O3/c1-15(20)13-18(7,8)21-12-11-17(5,6)22-19(9,10)14-16(2,3)4/h11-14H2,1-10H3. The molecule has 0 spiro atoms. The Bertz CT molecular complexity index is 359. The molecule has 0 fully saturated rings. The van der Waals surface area contributed by atoms with Gasteiger partial charge in [-0.25, -0.2) is 0 Å². The zero-order valence-corrected chi connectivity index (χ0v) is 16.6. The highest BCUT2D eigenvalue weighted by Crippen LogP contribution is 2.33. The average molecular weight is 315 g/mol. The van der Waals surface area contributed by atoms with Crippen molar-refractivity contribution in [2.75, 3.05) is 6.61 Å². The Hall–Kier alpha value is -0.410. The van der Waals surface area contributed by atoms with Crippen LogP contribution in [-0.2, 0) is 14.3 Å². The minimum absolute atomic E-state index is 0.159. The highest BCUT2D eigenvalue weighted by Gasteiger charge is 2.33. The third kappa shape index (κ3) is 11.2. The van der Waals surface area contributed by atoms with Crippen molar-refractivity contribution in [2.45, 2.75) is 105 Å². The van der Waals surface area contributed by atoms with Crippen LogP contribution in [0.5, 0.6) is 0 Å². The summed E-state index contributed by atoms with van der Waals surface area (Å²) in [6.07, 6.45) is 2.26. The van der Waals surface area contributed by atoms with E-state index in [1.54, 1.807) is 6.92 Å². The second-order valence-corrected chi connectivity index (χ2v) is 9.60. The van der Waals surface area contributed by atoms with E-state index in [-0.39, 0.29) is 22.4 Å². The summed E-state index contributed by atoms with van der Waals surface area (Å²) in [6, 6.07) is 0. The van der Waals surface area contributed by atoms with Crippen LogP contribution in [0.3, 0.4) is 0 Å². The Labute approximate surface area is 138 Å². The first-order valence-corrected chi connectivity index (χ1v) is 8.37. The van der Waals surface area contributed by atoms with Crippen molar-refractivity contribution < 1.29 is 14.3 Å². The Balaban J connectivity index is 4.44. The molecule has 0 aliphatic heterocycles. The van der Waals surface area contributed by atoms with Crippen LogP contribution in [-0.4, -0.2) is 29.2 Å². The summed E-state index contributed by atoms with van der Waals surface area (Å²) >= 11 is 0. The molecule has 0 aliphatic rings. The van der Waals surface area contributed by atoms with Gasteiger partial charge in [0.1, 0.15) is 5.78 Å². The molecule has 3 nitrogen and oxygen atoms in total. The number of Topliss-reactive ketones (excluding diaryl/α,β-unsaturated/α-hetero) is 1. The lowest BCUT2D eigenvalue weighted by molar-refractivity contribution is -0.152. The van der Waals surface area contributed by atoms with E-state index in [9.17, 15) is 4.79 Å². The molecule has 0 bridgehead atoms. The summed E-state index contributed by atoms with van der Waals surface area (Å²) < 4.78 is 12.2. The monoisotopic (exact) mass is 314 g/mol. The largest absolute Gasteiger partial charge is 0.375 e. The van der Waals surface area contributed by atoms with Gasteiger partial charge < -0.3 is 9.47 Å². The number of hydrogen-bond acceptors (Lipinski definition) is 3. The van der Waals surface area contributed by atoms with Gasteiger partial charge in [-0.2, -0.15) is 0 Å². The minimum Gasteiger partial charge on any atom is -0.375 e. The zero-order chi connectivity index (χ0) is 17.8. The van der Waals surface area contributed by atoms with Crippen molar-refractivity contribution in [1.29, 1.82) is 0 Å². The first-order chi connectivity index (χ1) is 9.54. The molecule has 0 N–H and O–H groups in total. The summed E-state index contributed by atoms with van der Waals surface area (Å²) in [7, 11) is 0. The summed E-state index contributed by atoms with van der Waals surface area (Å²) in [5.41, 5.74) is -0.583. The number of carbonyl (C=O) groups is 1. The second kappa shape index (κ2) is 7.44. The molecular formula is C19H38O3. The van der Waals surface area contributed by atoms with Crippen molar-refractivity contribution in [3.8, 4) is 0 Å². The lowest BCUT2D eigenvalue weighted by Crippen LogP contribution is -2.40. The van der Waals surface area contributed by atoms with Gasteiger partial charge in [-0.3, -0.25) is 4.79 Å². The third-order valence-electron chi connectivity index (χ3n) is 3.38. The molecule has 22 heavy (non-hydrogen) atoms. The molecule has 132 valence electrons. The molecule has 0 aromatic heterocycles. The van der Waals surface area contributed by atoms with Crippen LogP contribution >= 0.6 is 0 Å². The predicted molar refractivity (Wildman–Crippen MR) is 93.3 cm³/mol. The van der Waals surface area contributed by atoms with Crippen LogP contribution in [0.25, 0.3) is 0 Å². The van der Waals surface area contributed by atoms with Gasteiger partial charge in [0, 0.05) is 6.42 Å². The maximum absolute atomic E-state index is 11.2. The Morgan fingerprint density at radius 1 is 0.818 bits per heavy atom. The number of ether oxygens (including phenoxy) is 2. The van der Waals surface area contributed by atoms with E-state index in [2.05, 4.69) is 48.5 Å². The Morgan fingerprint density at radius 3 is 1.73 bits per heavy atom. The summed E-state index contributed by atoms with van der Waals surface area (Å²) in [4.78, 5) is 11.2. The van der Waals surface area contributed by atoms with Crippen LogP contribution in [0.15, 0.2) is 0 Å². The molecular weight excluding hydrogens is 276 g/mol. The average Bonchev–Trinajstić information content (AvgIpc) is 2.06. The van der Waals surface area contributed by atoms with Crippen LogP contribution in [0, 0.1) is 5.41 Å². The van der Waals surface area contributed by atoms with Crippen LogP contribution < -0.4 is 0 Å². The van der Waals surface area contributed by atoms with E-state index in [0.717, 1.165) is 12.8 Å². The van der Waals surface area contributed by atoms with Gasteiger partial charge >= 0.3 is 0 Å². The lowest BCUT2D eigenvalue weighted by Gasteiger charge is -2.40. The van der Waals surface area contributed by atoms with Crippen molar-refractivity contribution in [2.24, 2.45) is 5.41 Å². The van der Waals surface area contributed by atoms with Crippen molar-refractivity contribution in [3.05, 3.63) is 0 Å². The molecule has 0 atom stereocenters. The number of ketones is 1. The van der Waals surface area contributed by atoms with E-state index in [4.69, 9.17) is 9.47 Å². The quantitative estimate of drug-likeness (QED) is 0.589. The fourth-order valence-electron chi connectivity index (χ4n) is 3.34. The maximum Gasteiger partial charge on any atom is 0.132 e. The van der Waals surface area contributed by atoms with Crippen molar-refractivity contribution in [1.82, 2.24) is 0 Å². The second-order valence-electron chi connectivity index (χ2n) is 9.60. The molecule has 0 aromatic carbocycles. The molecule has 0 saturated heterocycles. The van der Waals surface area contributed by atoms with Gasteiger partial charge in [0.05, 0.1) is 23.4 Å². The number of rotatable bonds is 9. The number of carbonyl (C=O) groups excluding carboxylic acids is 1. The van der Waals surface area contributed by atoms with Gasteiger partial charge in [-0.1, -0.05) is 20.8 Å². The fourth-order valence-corrected chi connectivity index (χ4v) is 3.34. The number of hydrogen-bond donors (Lipinski definition) is 0. The molecule has 0 saturated carbocycles. The van der Waals surface area contributed by atoms with E-state index in [1.807, 2.05) is 13.8 Å². The van der Waals surface area contributed by atoms with Gasteiger partial charge in [0.2, 0.25) is 0 Å². The molecule has 0 rings (SSSR count). The Morgan fingerprint density at radius 2 is 1.32 bits per heavy atom. The van der Waals surface area contributed by atoms with E-state index in [0.29, 0.717) is 13.0 Å². The smallest absolute Gasteiger partial charge is 0.132 e. The fraction of sp³-hybridized carbons (Fsp3) is 0.947. The first kappa shape index (κ1) is 21.6. The third-order valence-corrected chi connectivity index (χ3v) is 3.38. The minimum atomic E-state index is -0.400. The normalized spacial score (nSPS) is 14.3. The molecule has 3 heteroatoms. The van der Waals surface area contributed by atoms with Gasteiger partial charge in [-0.05, 0) is 66.7 Å². The van der Waals surface area contributed by atoms with E-state index >= 15 is 0 Å². The van der Waals surface area contributed by atoms with Crippen molar-refractivity contribution >= 4 is 5.78 Å². The van der Waals surface area contributed by atoms with E-state index in [1.165, 1.54) is 0 Å². The van der Waals surface area contributed by atoms with E-state index < -0.39 is 5.60 Å². The topological polar surface area (TPSA) is 35.5 Å². The van der Waals surface area contributed by atoms with Crippen LogP contribution in [0.2, 0.25) is 0 Å². The Kier molecular flexibility index (Phi) is 7.30. The highest BCUT2D eigenvalue weighted by molar-refractivity contribution is 5.76. The maximum atomic E-state index is 11.2. The lowest BCUT2D eigenvalue weighted by atomic mass is 9.83.